The molecule has 0 aliphatic carbocycles. The lowest BCUT2D eigenvalue weighted by Crippen LogP contribution is -2.36. The van der Waals surface area contributed by atoms with Crippen molar-refractivity contribution in [2.45, 2.75) is 18.6 Å². The van der Waals surface area contributed by atoms with Crippen LogP contribution in [0.25, 0.3) is 22.3 Å². The van der Waals surface area contributed by atoms with Gasteiger partial charge in [0.2, 0.25) is 5.95 Å². The molecule has 0 radical (unpaired) electrons. The van der Waals surface area contributed by atoms with E-state index >= 15 is 0 Å². The van der Waals surface area contributed by atoms with Crippen molar-refractivity contribution in [3.63, 3.8) is 0 Å². The summed E-state index contributed by atoms with van der Waals surface area (Å²) in [6, 6.07) is 3.06. The number of nitrogen functional groups attached to an aromatic ring is 1. The van der Waals surface area contributed by atoms with Gasteiger partial charge in [-0.2, -0.15) is 0 Å². The van der Waals surface area contributed by atoms with Crippen LogP contribution in [0.1, 0.15) is 6.42 Å². The molecule has 4 rings (SSSR count). The standard InChI is InChI=1S/C16H17FN6O/c17-10-3-6-23(13(10)8-24)12-2-5-19-15-14(12)9(7-21-15)11-1-4-20-16(18)22-11/h1-2,4-5,7,10,13,24H,3,6,8H2,(H,19,21)(H2,18,20,22)/t10-,13+/m0/s1. The maximum Gasteiger partial charge on any atom is 0.220 e. The van der Waals surface area contributed by atoms with E-state index in [1.807, 2.05) is 11.0 Å². The molecule has 1 saturated heterocycles. The van der Waals surface area contributed by atoms with E-state index in [9.17, 15) is 9.50 Å². The predicted octanol–water partition coefficient (Wildman–Crippen LogP) is 1.51. The highest BCUT2D eigenvalue weighted by Crippen LogP contribution is 2.37. The van der Waals surface area contributed by atoms with Crippen LogP contribution in [0.2, 0.25) is 0 Å². The van der Waals surface area contributed by atoms with Gasteiger partial charge in [0, 0.05) is 30.7 Å². The molecule has 0 aromatic carbocycles. The molecule has 8 heteroatoms. The summed E-state index contributed by atoms with van der Waals surface area (Å²) >= 11 is 0. The molecule has 2 atom stereocenters. The number of pyridine rings is 1. The highest BCUT2D eigenvalue weighted by atomic mass is 19.1. The second kappa shape index (κ2) is 5.72. The Hall–Kier alpha value is -2.74. The zero-order chi connectivity index (χ0) is 16.7. The van der Waals surface area contributed by atoms with Crippen LogP contribution >= 0.6 is 0 Å². The number of aromatic nitrogens is 4. The van der Waals surface area contributed by atoms with Crippen molar-refractivity contribution >= 4 is 22.7 Å². The molecule has 0 unspecified atom stereocenters. The van der Waals surface area contributed by atoms with E-state index in [2.05, 4.69) is 19.9 Å². The smallest absolute Gasteiger partial charge is 0.220 e. The molecule has 3 aromatic rings. The van der Waals surface area contributed by atoms with Crippen molar-refractivity contribution in [2.24, 2.45) is 0 Å². The Morgan fingerprint density at radius 3 is 2.96 bits per heavy atom. The average molecular weight is 328 g/mol. The number of nitrogens with zero attached hydrogens (tertiary/aromatic N) is 4. The Morgan fingerprint density at radius 1 is 1.33 bits per heavy atom. The van der Waals surface area contributed by atoms with E-state index in [0.717, 1.165) is 16.6 Å². The molecule has 4 N–H and O–H groups in total. The van der Waals surface area contributed by atoms with Crippen molar-refractivity contribution in [2.75, 3.05) is 23.8 Å². The monoisotopic (exact) mass is 328 g/mol. The number of H-pyrrole nitrogens is 1. The van der Waals surface area contributed by atoms with Crippen LogP contribution in [0.3, 0.4) is 0 Å². The first-order chi connectivity index (χ1) is 11.7. The number of alkyl halides is 1. The number of anilines is 2. The molecule has 1 aliphatic heterocycles. The Balaban J connectivity index is 1.89. The summed E-state index contributed by atoms with van der Waals surface area (Å²) in [5.74, 6) is 0.186. The maximum atomic E-state index is 14.1. The van der Waals surface area contributed by atoms with E-state index in [1.54, 1.807) is 24.7 Å². The summed E-state index contributed by atoms with van der Waals surface area (Å²) in [4.78, 5) is 17.5. The first-order valence-electron chi connectivity index (χ1n) is 7.75. The fourth-order valence-electron chi connectivity index (χ4n) is 3.33. The van der Waals surface area contributed by atoms with Crippen molar-refractivity contribution in [3.8, 4) is 11.3 Å². The maximum absolute atomic E-state index is 14.1. The number of halogens is 1. The van der Waals surface area contributed by atoms with Gasteiger partial charge in [-0.1, -0.05) is 0 Å². The van der Waals surface area contributed by atoms with Crippen molar-refractivity contribution in [1.29, 1.82) is 0 Å². The van der Waals surface area contributed by atoms with Gasteiger partial charge in [-0.3, -0.25) is 0 Å². The number of hydrogen-bond donors (Lipinski definition) is 3. The summed E-state index contributed by atoms with van der Waals surface area (Å²) in [6.07, 6.45) is 4.42. The number of aromatic amines is 1. The molecule has 3 aromatic heterocycles. The second-order valence-electron chi connectivity index (χ2n) is 5.80. The zero-order valence-corrected chi connectivity index (χ0v) is 12.9. The Labute approximate surface area is 137 Å². The summed E-state index contributed by atoms with van der Waals surface area (Å²) < 4.78 is 14.1. The van der Waals surface area contributed by atoms with Crippen LogP contribution < -0.4 is 10.6 Å². The van der Waals surface area contributed by atoms with Crippen molar-refractivity contribution < 1.29 is 9.50 Å². The van der Waals surface area contributed by atoms with Crippen molar-refractivity contribution in [3.05, 3.63) is 30.7 Å². The Morgan fingerprint density at radius 2 is 2.17 bits per heavy atom. The molecule has 1 aliphatic rings. The zero-order valence-electron chi connectivity index (χ0n) is 12.9. The molecule has 4 heterocycles. The molecule has 0 saturated carbocycles. The predicted molar refractivity (Wildman–Crippen MR) is 89.3 cm³/mol. The fourth-order valence-corrected chi connectivity index (χ4v) is 3.33. The summed E-state index contributed by atoms with van der Waals surface area (Å²) in [6.45, 7) is 0.313. The number of fused-ring (bicyclic) bond motifs is 1. The molecule has 1 fully saturated rings. The van der Waals surface area contributed by atoms with Crippen LogP contribution in [-0.4, -0.2) is 50.4 Å². The minimum absolute atomic E-state index is 0.186. The summed E-state index contributed by atoms with van der Waals surface area (Å²) in [5, 5.41) is 10.4. The average Bonchev–Trinajstić information content (AvgIpc) is 3.18. The molecule has 124 valence electrons. The highest BCUT2D eigenvalue weighted by Gasteiger charge is 2.35. The molecule has 24 heavy (non-hydrogen) atoms. The van der Waals surface area contributed by atoms with Gasteiger partial charge < -0.3 is 20.7 Å². The minimum Gasteiger partial charge on any atom is -0.394 e. The highest BCUT2D eigenvalue weighted by molar-refractivity contribution is 6.02. The number of nitrogens with two attached hydrogens (primary N) is 1. The SMILES string of the molecule is Nc1nccc(-c2c[nH]c3nccc(N4CC[C@H](F)[C@H]4CO)c23)n1. The third kappa shape index (κ3) is 2.26. The van der Waals surface area contributed by atoms with Gasteiger partial charge in [-0.15, -0.1) is 0 Å². The first-order valence-corrected chi connectivity index (χ1v) is 7.75. The third-order valence-electron chi connectivity index (χ3n) is 4.46. The quantitative estimate of drug-likeness (QED) is 0.673. The van der Waals surface area contributed by atoms with Crippen LogP contribution in [0.5, 0.6) is 0 Å². The van der Waals surface area contributed by atoms with Crippen LogP contribution in [0, 0.1) is 0 Å². The lowest BCUT2D eigenvalue weighted by Gasteiger charge is -2.26. The van der Waals surface area contributed by atoms with Gasteiger partial charge in [0.05, 0.1) is 29.4 Å². The van der Waals surface area contributed by atoms with Gasteiger partial charge >= 0.3 is 0 Å². The summed E-state index contributed by atoms with van der Waals surface area (Å²) in [5.41, 5.74) is 8.68. The van der Waals surface area contributed by atoms with E-state index in [1.165, 1.54) is 0 Å². The van der Waals surface area contributed by atoms with Gasteiger partial charge in [0.25, 0.3) is 0 Å². The Kier molecular flexibility index (Phi) is 3.53. The largest absolute Gasteiger partial charge is 0.394 e. The molecule has 0 bridgehead atoms. The molecular formula is C16H17FN6O. The van der Waals surface area contributed by atoms with Gasteiger partial charge in [-0.25, -0.2) is 19.3 Å². The molecule has 0 spiro atoms. The number of nitrogens with one attached hydrogen (secondary N) is 1. The fraction of sp³-hybridized carbons (Fsp3) is 0.312. The number of aliphatic hydroxyl groups is 1. The molecule has 7 nitrogen and oxygen atoms in total. The number of aliphatic hydroxyl groups excluding tert-OH is 1. The van der Waals surface area contributed by atoms with Crippen LogP contribution in [0.4, 0.5) is 16.0 Å². The van der Waals surface area contributed by atoms with Gasteiger partial charge in [0.15, 0.2) is 0 Å². The lowest BCUT2D eigenvalue weighted by molar-refractivity contribution is 0.207. The van der Waals surface area contributed by atoms with Gasteiger partial charge in [-0.05, 0) is 18.6 Å². The lowest BCUT2D eigenvalue weighted by atomic mass is 10.1. The molecule has 0 amide bonds. The summed E-state index contributed by atoms with van der Waals surface area (Å²) in [7, 11) is 0. The van der Waals surface area contributed by atoms with Crippen molar-refractivity contribution in [1.82, 2.24) is 19.9 Å². The van der Waals surface area contributed by atoms with Gasteiger partial charge in [0.1, 0.15) is 11.8 Å². The third-order valence-corrected chi connectivity index (χ3v) is 4.46. The van der Waals surface area contributed by atoms with E-state index in [-0.39, 0.29) is 12.6 Å². The van der Waals surface area contributed by atoms with E-state index < -0.39 is 12.2 Å². The Bertz CT molecular complexity index is 882. The minimum atomic E-state index is -1.05. The first kappa shape index (κ1) is 14.8. The van der Waals surface area contributed by atoms with Crippen LogP contribution in [0.15, 0.2) is 30.7 Å². The van der Waals surface area contributed by atoms with E-state index in [4.69, 9.17) is 5.73 Å². The van der Waals surface area contributed by atoms with E-state index in [0.29, 0.717) is 24.3 Å². The second-order valence-corrected chi connectivity index (χ2v) is 5.80. The van der Waals surface area contributed by atoms with Crippen LogP contribution in [-0.2, 0) is 0 Å². The normalized spacial score (nSPS) is 20.8. The number of hydrogen-bond acceptors (Lipinski definition) is 6. The topological polar surface area (TPSA) is 104 Å². The number of rotatable bonds is 3. The molecular weight excluding hydrogens is 311 g/mol.